The summed E-state index contributed by atoms with van der Waals surface area (Å²) in [6.45, 7) is 11.3. The summed E-state index contributed by atoms with van der Waals surface area (Å²) in [6, 6.07) is 9.80. The molecule has 1 aromatic carbocycles. The van der Waals surface area contributed by atoms with Gasteiger partial charge in [0.2, 0.25) is 0 Å². The molecule has 7 nitrogen and oxygen atoms in total. The maximum absolute atomic E-state index is 13.7. The average Bonchev–Trinajstić information content (AvgIpc) is 3.27. The molecule has 2 heterocycles. The van der Waals surface area contributed by atoms with Crippen LogP contribution in [0.15, 0.2) is 42.5 Å². The van der Waals surface area contributed by atoms with E-state index in [1.807, 2.05) is 30.3 Å². The lowest BCUT2D eigenvalue weighted by atomic mass is 9.48. The highest BCUT2D eigenvalue weighted by Gasteiger charge is 2.74. The SMILES string of the molecule is COC(=O)[C@]12CO[C@@H]3[C@@H]1[C@@](CCO)(C=C[C@H]3O[Si](C)(C)C(C)(C)C)[C@@H]1C[C@H]2O[C@H](c2ccccc2)O1. The zero-order valence-corrected chi connectivity index (χ0v) is 23.2. The highest BCUT2D eigenvalue weighted by atomic mass is 28.4. The maximum atomic E-state index is 13.7. The van der Waals surface area contributed by atoms with Gasteiger partial charge >= 0.3 is 5.97 Å². The summed E-state index contributed by atoms with van der Waals surface area (Å²) in [5.74, 6) is -0.624. The highest BCUT2D eigenvalue weighted by molar-refractivity contribution is 6.74. The predicted molar refractivity (Wildman–Crippen MR) is 137 cm³/mol. The van der Waals surface area contributed by atoms with Crippen LogP contribution in [0.2, 0.25) is 18.1 Å². The molecule has 0 spiro atoms. The van der Waals surface area contributed by atoms with Gasteiger partial charge in [0, 0.05) is 29.9 Å². The van der Waals surface area contributed by atoms with E-state index in [0.29, 0.717) is 12.8 Å². The Labute approximate surface area is 215 Å². The molecule has 2 aliphatic carbocycles. The van der Waals surface area contributed by atoms with Crippen molar-refractivity contribution >= 4 is 14.3 Å². The van der Waals surface area contributed by atoms with E-state index in [9.17, 15) is 9.90 Å². The van der Waals surface area contributed by atoms with Gasteiger partial charge in [-0.3, -0.25) is 4.79 Å². The molecule has 0 radical (unpaired) electrons. The van der Waals surface area contributed by atoms with Crippen molar-refractivity contribution in [3.63, 3.8) is 0 Å². The molecule has 36 heavy (non-hydrogen) atoms. The Morgan fingerprint density at radius 3 is 2.50 bits per heavy atom. The number of benzene rings is 1. The maximum Gasteiger partial charge on any atom is 0.317 e. The predicted octanol–water partition coefficient (Wildman–Crippen LogP) is 4.38. The Kier molecular flexibility index (Phi) is 6.54. The summed E-state index contributed by atoms with van der Waals surface area (Å²) in [4.78, 5) is 13.7. The third-order valence-electron chi connectivity index (χ3n) is 9.49. The summed E-state index contributed by atoms with van der Waals surface area (Å²) < 4.78 is 32.0. The fourth-order valence-corrected chi connectivity index (χ4v) is 7.92. The first kappa shape index (κ1) is 26.1. The van der Waals surface area contributed by atoms with Gasteiger partial charge < -0.3 is 28.5 Å². The number of esters is 1. The molecule has 2 aliphatic heterocycles. The fourth-order valence-electron chi connectivity index (χ4n) is 6.68. The second-order valence-electron chi connectivity index (χ2n) is 12.3. The largest absolute Gasteiger partial charge is 0.468 e. The number of hydrogen-bond acceptors (Lipinski definition) is 7. The van der Waals surface area contributed by atoms with Gasteiger partial charge in [0.25, 0.3) is 0 Å². The molecular formula is C28H40O7Si. The smallest absolute Gasteiger partial charge is 0.317 e. The van der Waals surface area contributed by atoms with E-state index < -0.39 is 31.5 Å². The molecule has 0 amide bonds. The van der Waals surface area contributed by atoms with Crippen molar-refractivity contribution in [1.29, 1.82) is 0 Å². The third kappa shape index (κ3) is 3.75. The molecule has 0 aromatic heterocycles. The van der Waals surface area contributed by atoms with Crippen LogP contribution in [0, 0.1) is 16.7 Å². The van der Waals surface area contributed by atoms with E-state index in [2.05, 4.69) is 46.0 Å². The lowest BCUT2D eigenvalue weighted by Crippen LogP contribution is -2.69. The van der Waals surface area contributed by atoms with Gasteiger partial charge in [0.05, 0.1) is 38.1 Å². The molecule has 198 valence electrons. The molecular weight excluding hydrogens is 476 g/mol. The van der Waals surface area contributed by atoms with Gasteiger partial charge in [-0.05, 0) is 24.6 Å². The minimum atomic E-state index is -2.13. The van der Waals surface area contributed by atoms with Crippen LogP contribution in [-0.4, -0.2) is 64.1 Å². The van der Waals surface area contributed by atoms with Crippen LogP contribution >= 0.6 is 0 Å². The average molecular weight is 517 g/mol. The number of hydrogen-bond donors (Lipinski definition) is 1. The number of fused-ring (bicyclic) bond motifs is 4. The van der Waals surface area contributed by atoms with E-state index in [0.717, 1.165) is 5.56 Å². The number of methoxy groups -OCH3 is 1. The Bertz CT molecular complexity index is 1000. The second kappa shape index (κ2) is 9.03. The lowest BCUT2D eigenvalue weighted by molar-refractivity contribution is -0.327. The molecule has 0 unspecified atom stereocenters. The van der Waals surface area contributed by atoms with Crippen molar-refractivity contribution in [2.75, 3.05) is 20.3 Å². The number of ether oxygens (including phenoxy) is 4. The van der Waals surface area contributed by atoms with Crippen LogP contribution in [0.25, 0.3) is 0 Å². The normalized spacial score (nSPS) is 39.5. The zero-order chi connectivity index (χ0) is 25.9. The summed E-state index contributed by atoms with van der Waals surface area (Å²) in [7, 11) is -0.703. The first-order valence-corrected chi connectivity index (χ1v) is 15.9. The van der Waals surface area contributed by atoms with Crippen molar-refractivity contribution in [2.24, 2.45) is 16.7 Å². The molecule has 1 N–H and O–H groups in total. The van der Waals surface area contributed by atoms with Crippen LogP contribution in [0.5, 0.6) is 0 Å². The van der Waals surface area contributed by atoms with Crippen LogP contribution in [-0.2, 0) is 28.2 Å². The van der Waals surface area contributed by atoms with Gasteiger partial charge in [-0.2, -0.15) is 0 Å². The minimum Gasteiger partial charge on any atom is -0.468 e. The summed E-state index contributed by atoms with van der Waals surface area (Å²) in [5, 5.41) is 10.3. The van der Waals surface area contributed by atoms with E-state index in [-0.39, 0.29) is 48.5 Å². The van der Waals surface area contributed by atoms with Gasteiger partial charge in [0.1, 0.15) is 5.41 Å². The van der Waals surface area contributed by atoms with Gasteiger partial charge in [-0.1, -0.05) is 63.3 Å². The molecule has 2 saturated heterocycles. The van der Waals surface area contributed by atoms with Crippen molar-refractivity contribution < 1.29 is 33.3 Å². The Morgan fingerprint density at radius 1 is 1.17 bits per heavy atom. The number of carbonyl (C=O) groups excluding carboxylic acids is 1. The van der Waals surface area contributed by atoms with E-state index in [1.54, 1.807) is 0 Å². The monoisotopic (exact) mass is 516 g/mol. The molecule has 8 heteroatoms. The Hall–Kier alpha value is -1.55. The van der Waals surface area contributed by atoms with Gasteiger partial charge in [-0.15, -0.1) is 0 Å². The van der Waals surface area contributed by atoms with E-state index in [1.165, 1.54) is 7.11 Å². The van der Waals surface area contributed by atoms with Crippen LogP contribution in [0.1, 0.15) is 45.5 Å². The Morgan fingerprint density at radius 2 is 1.86 bits per heavy atom. The summed E-state index contributed by atoms with van der Waals surface area (Å²) in [6.07, 6.45) is 3.30. The summed E-state index contributed by atoms with van der Waals surface area (Å²) >= 11 is 0. The van der Waals surface area contributed by atoms with Gasteiger partial charge in [0.15, 0.2) is 14.6 Å². The molecule has 1 saturated carbocycles. The van der Waals surface area contributed by atoms with Crippen molar-refractivity contribution in [2.45, 2.75) is 82.5 Å². The molecule has 1 aromatic rings. The second-order valence-corrected chi connectivity index (χ2v) is 17.1. The van der Waals surface area contributed by atoms with Crippen LogP contribution < -0.4 is 0 Å². The zero-order valence-electron chi connectivity index (χ0n) is 22.2. The van der Waals surface area contributed by atoms with E-state index in [4.69, 9.17) is 23.4 Å². The number of carbonyl (C=O) groups is 1. The fraction of sp³-hybridized carbons (Fsp3) is 0.679. The topological polar surface area (TPSA) is 83.5 Å². The lowest BCUT2D eigenvalue weighted by Gasteiger charge is -2.61. The number of rotatable bonds is 6. The van der Waals surface area contributed by atoms with Crippen molar-refractivity contribution in [3.8, 4) is 0 Å². The molecule has 3 fully saturated rings. The first-order valence-electron chi connectivity index (χ1n) is 13.0. The van der Waals surface area contributed by atoms with Crippen molar-refractivity contribution in [3.05, 3.63) is 48.0 Å². The first-order chi connectivity index (χ1) is 17.0. The molecule has 2 bridgehead atoms. The third-order valence-corrected chi connectivity index (χ3v) is 14.0. The van der Waals surface area contributed by atoms with Crippen molar-refractivity contribution in [1.82, 2.24) is 0 Å². The summed E-state index contributed by atoms with van der Waals surface area (Å²) in [5.41, 5.74) is -0.717. The quantitative estimate of drug-likeness (QED) is 0.341. The molecule has 5 rings (SSSR count). The van der Waals surface area contributed by atoms with Crippen LogP contribution in [0.4, 0.5) is 0 Å². The number of aliphatic hydroxyl groups excluding tert-OH is 1. The molecule has 4 aliphatic rings. The molecule has 8 atom stereocenters. The Balaban J connectivity index is 1.61. The minimum absolute atomic E-state index is 0.0245. The van der Waals surface area contributed by atoms with Crippen LogP contribution in [0.3, 0.4) is 0 Å². The number of aliphatic hydroxyl groups is 1. The van der Waals surface area contributed by atoms with E-state index >= 15 is 0 Å². The standard InChI is InChI=1S/C28H40O7Si/c1-26(2,3)36(5,6)35-19-12-13-27(14-15-29)20-16-21(34-24(33-20)18-10-8-7-9-11-18)28(25(30)31-4)17-32-22(19)23(27)28/h7-13,19-24,29H,14-17H2,1-6H3/t19-,20+,21-,22+,23-,24-,27-,28+/m1/s1. The van der Waals surface area contributed by atoms with Gasteiger partial charge in [-0.25, -0.2) is 0 Å². The highest BCUT2D eigenvalue weighted by Crippen LogP contribution is 2.66.